The van der Waals surface area contributed by atoms with Gasteiger partial charge in [-0.25, -0.2) is 4.79 Å². The zero-order valence-corrected chi connectivity index (χ0v) is 16.7. The molecule has 0 aliphatic heterocycles. The number of hydrogen-bond acceptors (Lipinski definition) is 4. The summed E-state index contributed by atoms with van der Waals surface area (Å²) >= 11 is 0. The van der Waals surface area contributed by atoms with Crippen molar-refractivity contribution in [3.05, 3.63) is 78.0 Å². The van der Waals surface area contributed by atoms with Gasteiger partial charge in [0.15, 0.2) is 6.61 Å². The van der Waals surface area contributed by atoms with Crippen LogP contribution >= 0.6 is 0 Å². The van der Waals surface area contributed by atoms with E-state index in [4.69, 9.17) is 4.74 Å². The van der Waals surface area contributed by atoms with Crippen LogP contribution in [-0.4, -0.2) is 34.3 Å². The molecule has 2 aromatic carbocycles. The average molecular weight is 391 g/mol. The Balaban J connectivity index is 1.80. The zero-order valence-electron chi connectivity index (χ0n) is 16.7. The third-order valence-electron chi connectivity index (χ3n) is 4.57. The molecule has 0 aliphatic carbocycles. The van der Waals surface area contributed by atoms with Gasteiger partial charge in [-0.05, 0) is 18.9 Å². The van der Waals surface area contributed by atoms with Crippen molar-refractivity contribution in [2.24, 2.45) is 0 Å². The molecule has 0 fully saturated rings. The van der Waals surface area contributed by atoms with Crippen LogP contribution in [-0.2, 0) is 16.1 Å². The predicted molar refractivity (Wildman–Crippen MR) is 111 cm³/mol. The first-order valence-corrected chi connectivity index (χ1v) is 9.70. The summed E-state index contributed by atoms with van der Waals surface area (Å²) < 4.78 is 6.97. The third-order valence-corrected chi connectivity index (χ3v) is 4.57. The fourth-order valence-electron chi connectivity index (χ4n) is 2.86. The van der Waals surface area contributed by atoms with Crippen LogP contribution in [0.1, 0.15) is 36.2 Å². The van der Waals surface area contributed by atoms with Crippen LogP contribution < -0.4 is 5.32 Å². The van der Waals surface area contributed by atoms with Gasteiger partial charge in [0.05, 0.1) is 6.54 Å². The van der Waals surface area contributed by atoms with Gasteiger partial charge >= 0.3 is 5.97 Å². The van der Waals surface area contributed by atoms with Crippen molar-refractivity contribution in [1.82, 2.24) is 15.1 Å². The van der Waals surface area contributed by atoms with Crippen LogP contribution in [0.5, 0.6) is 0 Å². The molecular formula is C23H25N3O3. The number of nitrogens with zero attached hydrogens (tertiary/aromatic N) is 2. The molecule has 1 amide bonds. The smallest absolute Gasteiger partial charge is 0.342 e. The van der Waals surface area contributed by atoms with E-state index >= 15 is 0 Å². The third kappa shape index (κ3) is 5.54. The molecule has 3 aromatic rings. The van der Waals surface area contributed by atoms with Crippen LogP contribution in [0.3, 0.4) is 0 Å². The highest BCUT2D eigenvalue weighted by Gasteiger charge is 2.20. The van der Waals surface area contributed by atoms with E-state index in [0.29, 0.717) is 17.8 Å². The number of esters is 1. The summed E-state index contributed by atoms with van der Waals surface area (Å²) in [6.07, 6.45) is 2.48. The minimum absolute atomic E-state index is 0.0368. The second kappa shape index (κ2) is 9.68. The molecule has 1 atom stereocenters. The van der Waals surface area contributed by atoms with E-state index in [1.54, 1.807) is 10.9 Å². The van der Waals surface area contributed by atoms with Crippen molar-refractivity contribution < 1.29 is 14.3 Å². The molecule has 6 nitrogen and oxygen atoms in total. The van der Waals surface area contributed by atoms with Gasteiger partial charge in [0.1, 0.15) is 11.3 Å². The fraction of sp³-hybridized carbons (Fsp3) is 0.261. The topological polar surface area (TPSA) is 73.2 Å². The highest BCUT2D eigenvalue weighted by atomic mass is 16.5. The molecule has 0 saturated heterocycles. The Labute approximate surface area is 170 Å². The Morgan fingerprint density at radius 3 is 2.38 bits per heavy atom. The summed E-state index contributed by atoms with van der Waals surface area (Å²) in [4.78, 5) is 24.6. The first kappa shape index (κ1) is 20.3. The number of aromatic nitrogens is 2. The van der Waals surface area contributed by atoms with Gasteiger partial charge < -0.3 is 10.1 Å². The molecule has 1 heterocycles. The van der Waals surface area contributed by atoms with Crippen molar-refractivity contribution in [2.75, 3.05) is 6.61 Å². The summed E-state index contributed by atoms with van der Waals surface area (Å²) in [5.41, 5.74) is 2.76. The first-order valence-electron chi connectivity index (χ1n) is 9.70. The highest BCUT2D eigenvalue weighted by molar-refractivity contribution is 5.97. The Bertz CT molecular complexity index is 952. The normalized spacial score (nSPS) is 11.7. The molecule has 0 spiro atoms. The van der Waals surface area contributed by atoms with Gasteiger partial charge in [-0.2, -0.15) is 5.10 Å². The van der Waals surface area contributed by atoms with Crippen LogP contribution in [0.15, 0.2) is 66.9 Å². The Morgan fingerprint density at radius 1 is 1.07 bits per heavy atom. The number of rotatable bonds is 8. The number of carbonyl (C=O) groups is 2. The van der Waals surface area contributed by atoms with Gasteiger partial charge in [0, 0.05) is 17.8 Å². The summed E-state index contributed by atoms with van der Waals surface area (Å²) in [6, 6.07) is 19.4. The van der Waals surface area contributed by atoms with E-state index in [9.17, 15) is 9.59 Å². The van der Waals surface area contributed by atoms with Crippen LogP contribution in [0.4, 0.5) is 0 Å². The van der Waals surface area contributed by atoms with E-state index in [1.807, 2.05) is 74.5 Å². The molecule has 0 aliphatic rings. The highest BCUT2D eigenvalue weighted by Crippen LogP contribution is 2.23. The summed E-state index contributed by atoms with van der Waals surface area (Å²) in [5.74, 6) is -0.881. The maximum absolute atomic E-state index is 12.7. The van der Waals surface area contributed by atoms with Crippen molar-refractivity contribution in [3.8, 4) is 11.3 Å². The summed E-state index contributed by atoms with van der Waals surface area (Å²) in [5, 5.41) is 7.38. The molecule has 29 heavy (non-hydrogen) atoms. The molecule has 3 rings (SSSR count). The minimum Gasteiger partial charge on any atom is -0.452 e. The number of benzene rings is 2. The number of carbonyl (C=O) groups excluding carboxylic acids is 2. The predicted octanol–water partition coefficient (Wildman–Crippen LogP) is 3.67. The number of nitrogens with one attached hydrogen (secondary N) is 1. The molecule has 6 heteroatoms. The average Bonchev–Trinajstić information content (AvgIpc) is 3.17. The number of hydrogen-bond donors (Lipinski definition) is 1. The summed E-state index contributed by atoms with van der Waals surface area (Å²) in [7, 11) is 0. The molecule has 150 valence electrons. The quantitative estimate of drug-likeness (QED) is 0.595. The Morgan fingerprint density at radius 2 is 1.72 bits per heavy atom. The Hall–Kier alpha value is -3.41. The molecule has 0 saturated carbocycles. The van der Waals surface area contributed by atoms with Crippen molar-refractivity contribution in [1.29, 1.82) is 0 Å². The van der Waals surface area contributed by atoms with Crippen molar-refractivity contribution in [3.63, 3.8) is 0 Å². The lowest BCUT2D eigenvalue weighted by Crippen LogP contribution is -2.35. The van der Waals surface area contributed by atoms with Gasteiger partial charge in [-0.1, -0.05) is 67.6 Å². The largest absolute Gasteiger partial charge is 0.452 e. The van der Waals surface area contributed by atoms with Crippen LogP contribution in [0, 0.1) is 0 Å². The van der Waals surface area contributed by atoms with Gasteiger partial charge in [0.2, 0.25) is 0 Å². The van der Waals surface area contributed by atoms with E-state index in [-0.39, 0.29) is 18.6 Å². The van der Waals surface area contributed by atoms with E-state index < -0.39 is 5.97 Å². The van der Waals surface area contributed by atoms with Gasteiger partial charge in [-0.3, -0.25) is 9.48 Å². The lowest BCUT2D eigenvalue weighted by molar-refractivity contribution is -0.124. The second-order valence-electron chi connectivity index (χ2n) is 6.89. The molecule has 0 radical (unpaired) electrons. The van der Waals surface area contributed by atoms with Crippen LogP contribution in [0.25, 0.3) is 11.3 Å². The van der Waals surface area contributed by atoms with Crippen LogP contribution in [0.2, 0.25) is 0 Å². The van der Waals surface area contributed by atoms with Gasteiger partial charge in [0.25, 0.3) is 5.91 Å². The molecule has 1 N–H and O–H groups in total. The zero-order chi connectivity index (χ0) is 20.6. The number of amides is 1. The molecule has 0 unspecified atom stereocenters. The lowest BCUT2D eigenvalue weighted by atomic mass is 10.1. The number of ether oxygens (including phenoxy) is 1. The van der Waals surface area contributed by atoms with E-state index in [1.165, 1.54) is 0 Å². The molecular weight excluding hydrogens is 366 g/mol. The Kier molecular flexibility index (Phi) is 6.79. The standard InChI is InChI=1S/C23H25N3O3/c1-3-17(2)24-21(27)16-29-23(28)20-15-26(14-18-10-6-4-7-11-18)25-22(20)19-12-8-5-9-13-19/h4-13,15,17H,3,14,16H2,1-2H3,(H,24,27)/t17-/m0/s1. The fourth-order valence-corrected chi connectivity index (χ4v) is 2.86. The van der Waals surface area contributed by atoms with Gasteiger partial charge in [-0.15, -0.1) is 0 Å². The van der Waals surface area contributed by atoms with Crippen molar-refractivity contribution >= 4 is 11.9 Å². The first-order chi connectivity index (χ1) is 14.1. The molecule has 1 aromatic heterocycles. The second-order valence-corrected chi connectivity index (χ2v) is 6.89. The summed E-state index contributed by atoms with van der Waals surface area (Å²) in [6.45, 7) is 4.09. The maximum atomic E-state index is 12.7. The SMILES string of the molecule is CC[C@H](C)NC(=O)COC(=O)c1cn(Cc2ccccc2)nc1-c1ccccc1. The lowest BCUT2D eigenvalue weighted by Gasteiger charge is -2.11. The monoisotopic (exact) mass is 391 g/mol. The van der Waals surface area contributed by atoms with E-state index in [2.05, 4.69) is 10.4 Å². The van der Waals surface area contributed by atoms with E-state index in [0.717, 1.165) is 17.5 Å². The molecule has 0 bridgehead atoms. The maximum Gasteiger partial charge on any atom is 0.342 e. The van der Waals surface area contributed by atoms with Crippen molar-refractivity contribution in [2.45, 2.75) is 32.9 Å². The minimum atomic E-state index is -0.567.